The Kier molecular flexibility index (Phi) is 8.62. The van der Waals surface area contributed by atoms with Gasteiger partial charge >= 0.3 is 0 Å². The molecule has 1 N–H and O–H groups in total. The third-order valence-corrected chi connectivity index (χ3v) is 7.61. The Morgan fingerprint density at radius 3 is 2.36 bits per heavy atom. The van der Waals surface area contributed by atoms with E-state index in [-0.39, 0.29) is 17.2 Å². The lowest BCUT2D eigenvalue weighted by atomic mass is 9.74. The molecule has 4 rings (SSSR count). The molecule has 2 heterocycles. The fourth-order valence-corrected chi connectivity index (χ4v) is 5.29. The molecule has 1 saturated heterocycles. The molecule has 2 aromatic rings. The van der Waals surface area contributed by atoms with Crippen LogP contribution in [0.5, 0.6) is 17.2 Å². The Bertz CT molecular complexity index is 1060. The molecule has 2 aliphatic heterocycles. The Morgan fingerprint density at radius 2 is 1.67 bits per heavy atom. The number of hydrogen-bond donors (Lipinski definition) is 1. The van der Waals surface area contributed by atoms with Crippen LogP contribution in [0.4, 0.5) is 0 Å². The minimum absolute atomic E-state index is 0.0311. The number of ether oxygens (including phenoxy) is 3. The summed E-state index contributed by atoms with van der Waals surface area (Å²) in [6.07, 6.45) is 6.93. The van der Waals surface area contributed by atoms with Crippen LogP contribution in [-0.4, -0.2) is 57.2 Å². The van der Waals surface area contributed by atoms with Crippen LogP contribution in [0.1, 0.15) is 65.7 Å². The number of nitrogens with zero attached hydrogens (tertiary/aromatic N) is 1. The lowest BCUT2D eigenvalue weighted by Gasteiger charge is -2.42. The van der Waals surface area contributed by atoms with Gasteiger partial charge in [0.05, 0.1) is 26.4 Å². The summed E-state index contributed by atoms with van der Waals surface area (Å²) in [5, 5.41) is 3.66. The molecule has 0 saturated carbocycles. The molecule has 36 heavy (non-hydrogen) atoms. The van der Waals surface area contributed by atoms with E-state index >= 15 is 0 Å². The molecular weight excluding hydrogens is 480 g/mol. The highest BCUT2D eigenvalue weighted by atomic mass is 35.5. The van der Waals surface area contributed by atoms with Crippen molar-refractivity contribution in [3.05, 3.63) is 52.5 Å². The summed E-state index contributed by atoms with van der Waals surface area (Å²) in [7, 11) is 3.15. The zero-order valence-corrected chi connectivity index (χ0v) is 21.9. The summed E-state index contributed by atoms with van der Waals surface area (Å²) in [5.74, 6) is 1.55. The topological polar surface area (TPSA) is 77.1 Å². The van der Waals surface area contributed by atoms with Crippen LogP contribution in [0, 0.1) is 5.41 Å². The molecule has 1 spiro atoms. The summed E-state index contributed by atoms with van der Waals surface area (Å²) in [5.41, 5.74) is 0.974. The van der Waals surface area contributed by atoms with Crippen LogP contribution < -0.4 is 19.5 Å². The van der Waals surface area contributed by atoms with Crippen molar-refractivity contribution < 1.29 is 23.8 Å². The van der Waals surface area contributed by atoms with Gasteiger partial charge in [0.2, 0.25) is 0 Å². The highest BCUT2D eigenvalue weighted by molar-refractivity contribution is 6.31. The first-order valence-electron chi connectivity index (χ1n) is 12.7. The second-order valence-electron chi connectivity index (χ2n) is 9.73. The quantitative estimate of drug-likeness (QED) is 0.597. The van der Waals surface area contributed by atoms with Crippen molar-refractivity contribution in [2.75, 3.05) is 40.5 Å². The van der Waals surface area contributed by atoms with Crippen LogP contribution >= 0.6 is 11.6 Å². The molecule has 8 heteroatoms. The smallest absolute Gasteiger partial charge is 0.255 e. The number of likely N-dealkylation sites (tertiary alicyclic amines) is 1. The van der Waals surface area contributed by atoms with Crippen molar-refractivity contribution >= 4 is 23.4 Å². The van der Waals surface area contributed by atoms with Gasteiger partial charge in [-0.25, -0.2) is 0 Å². The van der Waals surface area contributed by atoms with Gasteiger partial charge in [0.1, 0.15) is 17.2 Å². The van der Waals surface area contributed by atoms with Gasteiger partial charge in [0.25, 0.3) is 11.8 Å². The molecule has 0 unspecified atom stereocenters. The fourth-order valence-electron chi connectivity index (χ4n) is 5.12. The summed E-state index contributed by atoms with van der Waals surface area (Å²) in [6, 6.07) is 10.4. The normalized spacial score (nSPS) is 18.5. The van der Waals surface area contributed by atoms with E-state index < -0.39 is 0 Å². The molecule has 0 atom stereocenters. The van der Waals surface area contributed by atoms with Crippen LogP contribution in [0.15, 0.2) is 36.4 Å². The van der Waals surface area contributed by atoms with Gasteiger partial charge in [-0.05, 0) is 61.4 Å². The Hall–Kier alpha value is -2.93. The lowest BCUT2D eigenvalue weighted by Crippen LogP contribution is -2.48. The predicted octanol–water partition coefficient (Wildman–Crippen LogP) is 5.35. The molecule has 194 valence electrons. The van der Waals surface area contributed by atoms with E-state index in [1.807, 2.05) is 4.90 Å². The maximum atomic E-state index is 13.3. The number of carbonyl (C=O) groups excluding carboxylic acids is 2. The second kappa shape index (κ2) is 11.9. The van der Waals surface area contributed by atoms with E-state index in [1.165, 1.54) is 0 Å². The first-order valence-corrected chi connectivity index (χ1v) is 13.0. The Balaban J connectivity index is 1.47. The fraction of sp³-hybridized carbons (Fsp3) is 0.500. The average Bonchev–Trinajstić information content (AvgIpc) is 2.92. The van der Waals surface area contributed by atoms with E-state index in [1.54, 1.807) is 50.6 Å². The maximum Gasteiger partial charge on any atom is 0.255 e. The summed E-state index contributed by atoms with van der Waals surface area (Å²) < 4.78 is 16.6. The molecule has 0 aromatic heterocycles. The van der Waals surface area contributed by atoms with Gasteiger partial charge in [-0.2, -0.15) is 0 Å². The first-order chi connectivity index (χ1) is 17.4. The molecule has 2 aliphatic rings. The predicted molar refractivity (Wildman–Crippen MR) is 139 cm³/mol. The van der Waals surface area contributed by atoms with Gasteiger partial charge in [0.15, 0.2) is 0 Å². The number of carbonyl (C=O) groups is 2. The van der Waals surface area contributed by atoms with E-state index in [0.29, 0.717) is 59.6 Å². The number of hydrogen-bond acceptors (Lipinski definition) is 5. The number of nitrogens with one attached hydrogen (secondary N) is 1. The number of amides is 2. The maximum absolute atomic E-state index is 13.3. The number of piperidine rings is 1. The van der Waals surface area contributed by atoms with Crippen molar-refractivity contribution in [2.24, 2.45) is 5.41 Å². The van der Waals surface area contributed by atoms with Gasteiger partial charge in [-0.3, -0.25) is 9.59 Å². The van der Waals surface area contributed by atoms with Gasteiger partial charge < -0.3 is 24.4 Å². The van der Waals surface area contributed by atoms with Crippen LogP contribution in [-0.2, 0) is 0 Å². The number of methoxy groups -OCH3 is 2. The van der Waals surface area contributed by atoms with Crippen LogP contribution in [0.2, 0.25) is 5.02 Å². The monoisotopic (exact) mass is 514 g/mol. The highest BCUT2D eigenvalue weighted by Crippen LogP contribution is 2.38. The Morgan fingerprint density at radius 1 is 0.972 bits per heavy atom. The zero-order valence-electron chi connectivity index (χ0n) is 21.1. The first kappa shape index (κ1) is 26.1. The molecule has 7 nitrogen and oxygen atoms in total. The third-order valence-electron chi connectivity index (χ3n) is 7.38. The molecule has 2 amide bonds. The molecule has 0 aliphatic carbocycles. The van der Waals surface area contributed by atoms with E-state index in [2.05, 4.69) is 5.32 Å². The summed E-state index contributed by atoms with van der Waals surface area (Å²) in [4.78, 5) is 28.3. The van der Waals surface area contributed by atoms with E-state index in [4.69, 9.17) is 25.8 Å². The third kappa shape index (κ3) is 6.25. The minimum atomic E-state index is -0.173. The molecule has 2 aromatic carbocycles. The summed E-state index contributed by atoms with van der Waals surface area (Å²) >= 11 is 6.18. The van der Waals surface area contributed by atoms with Gasteiger partial charge in [-0.1, -0.05) is 30.9 Å². The van der Waals surface area contributed by atoms with Gasteiger partial charge in [-0.15, -0.1) is 0 Å². The van der Waals surface area contributed by atoms with E-state index in [0.717, 1.165) is 44.9 Å². The number of halogens is 1. The SMILES string of the molecule is COc1cc(OC)cc(C(=O)N2CCC3(CCCCCCOc4ccc(Cl)cc4C(=O)NC3)CC2)c1. The largest absolute Gasteiger partial charge is 0.497 e. The lowest BCUT2D eigenvalue weighted by molar-refractivity contribution is 0.0535. The van der Waals surface area contributed by atoms with Crippen molar-refractivity contribution in [1.82, 2.24) is 10.2 Å². The molecule has 0 radical (unpaired) electrons. The van der Waals surface area contributed by atoms with Crippen LogP contribution in [0.3, 0.4) is 0 Å². The molecular formula is C28H35ClN2O5. The molecule has 1 fully saturated rings. The second-order valence-corrected chi connectivity index (χ2v) is 10.2. The van der Waals surface area contributed by atoms with Crippen molar-refractivity contribution in [1.29, 1.82) is 0 Å². The zero-order chi connectivity index (χ0) is 25.5. The van der Waals surface area contributed by atoms with Crippen molar-refractivity contribution in [2.45, 2.75) is 44.9 Å². The van der Waals surface area contributed by atoms with Crippen LogP contribution in [0.25, 0.3) is 0 Å². The van der Waals surface area contributed by atoms with Crippen molar-refractivity contribution in [3.8, 4) is 17.2 Å². The number of benzene rings is 2. The standard InChI is InChI=1S/C28H35ClN2O5/c1-34-22-15-20(16-23(18-22)35-2)27(33)31-12-10-28(11-13-31)9-5-3-4-6-14-36-25-8-7-21(29)17-24(25)26(32)30-19-28/h7-8,15-18H,3-6,9-14,19H2,1-2H3,(H,30,32). The van der Waals surface area contributed by atoms with Gasteiger partial charge in [0, 0.05) is 36.3 Å². The Labute approximate surface area is 218 Å². The number of fused-ring (bicyclic) bond motifs is 1. The molecule has 0 bridgehead atoms. The highest BCUT2D eigenvalue weighted by Gasteiger charge is 2.36. The van der Waals surface area contributed by atoms with Crippen molar-refractivity contribution in [3.63, 3.8) is 0 Å². The van der Waals surface area contributed by atoms with E-state index in [9.17, 15) is 9.59 Å². The minimum Gasteiger partial charge on any atom is -0.497 e. The average molecular weight is 515 g/mol. The summed E-state index contributed by atoms with van der Waals surface area (Å²) in [6.45, 7) is 2.42. The number of rotatable bonds is 3.